The molecule has 0 spiro atoms. The second-order valence-electron chi connectivity index (χ2n) is 4.16. The molecule has 0 amide bonds. The molecule has 2 atom stereocenters. The average molecular weight is 258 g/mol. The summed E-state index contributed by atoms with van der Waals surface area (Å²) >= 11 is 0. The van der Waals surface area contributed by atoms with Crippen molar-refractivity contribution >= 4 is 20.6 Å². The maximum Gasteiger partial charge on any atom is 0.196 e. The van der Waals surface area contributed by atoms with E-state index in [0.29, 0.717) is 17.3 Å². The van der Waals surface area contributed by atoms with Gasteiger partial charge in [0.25, 0.3) is 0 Å². The topological polar surface area (TPSA) is 37.3 Å². The number of rotatable bonds is 3. The Morgan fingerprint density at radius 3 is 2.61 bits per heavy atom. The summed E-state index contributed by atoms with van der Waals surface area (Å²) in [6.45, 7) is 3.69. The van der Waals surface area contributed by atoms with Crippen LogP contribution in [0.4, 0.5) is 0 Å². The van der Waals surface area contributed by atoms with Crippen LogP contribution in [0.15, 0.2) is 60.0 Å². The second-order valence-corrected chi connectivity index (χ2v) is 4.79. The van der Waals surface area contributed by atoms with Crippen molar-refractivity contribution in [3.8, 4) is 0 Å². The number of Topliss-reactive ketones (excluding diaryl/α,β-unsaturated/α-hetero) is 1. The first-order valence-corrected chi connectivity index (χ1v) is 6.31. The van der Waals surface area contributed by atoms with E-state index in [-0.39, 0.29) is 5.78 Å². The van der Waals surface area contributed by atoms with E-state index >= 15 is 0 Å². The predicted molar refractivity (Wildman–Crippen MR) is 77.0 cm³/mol. The molecule has 0 heterocycles. The van der Waals surface area contributed by atoms with Crippen molar-refractivity contribution < 1.29 is 9.90 Å². The van der Waals surface area contributed by atoms with Gasteiger partial charge in [0.05, 0.1) is 0 Å². The van der Waals surface area contributed by atoms with E-state index in [0.717, 1.165) is 11.1 Å². The minimum atomic E-state index is -1.06. The van der Waals surface area contributed by atoms with Crippen molar-refractivity contribution in [2.75, 3.05) is 0 Å². The van der Waals surface area contributed by atoms with E-state index in [4.69, 9.17) is 0 Å². The molecule has 3 heteroatoms. The lowest BCUT2D eigenvalue weighted by molar-refractivity contribution is -0.119. The van der Waals surface area contributed by atoms with Gasteiger partial charge in [-0.15, -0.1) is 15.8 Å². The minimum Gasteiger partial charge on any atom is -0.380 e. The molecule has 0 radical (unpaired) electrons. The van der Waals surface area contributed by atoms with Gasteiger partial charge >= 0.3 is 0 Å². The van der Waals surface area contributed by atoms with E-state index in [1.807, 2.05) is 36.4 Å². The molecule has 0 fully saturated rings. The highest BCUT2D eigenvalue weighted by Gasteiger charge is 2.27. The van der Waals surface area contributed by atoms with Gasteiger partial charge in [0, 0.05) is 5.57 Å². The highest BCUT2D eigenvalue weighted by Crippen LogP contribution is 2.32. The maximum absolute atomic E-state index is 12.1. The van der Waals surface area contributed by atoms with Crippen LogP contribution in [0.2, 0.25) is 0 Å². The monoisotopic (exact) mass is 258 g/mol. The summed E-state index contributed by atoms with van der Waals surface area (Å²) < 4.78 is 0. The zero-order chi connectivity index (χ0) is 13.1. The molecule has 1 aliphatic carbocycles. The van der Waals surface area contributed by atoms with Gasteiger partial charge in [-0.1, -0.05) is 36.4 Å². The third-order valence-corrected chi connectivity index (χ3v) is 3.63. The van der Waals surface area contributed by atoms with Crippen LogP contribution in [0.25, 0.3) is 5.57 Å². The highest BCUT2D eigenvalue weighted by atomic mass is 31.0. The summed E-state index contributed by atoms with van der Waals surface area (Å²) in [5, 5.41) is 10.6. The second kappa shape index (κ2) is 5.43. The van der Waals surface area contributed by atoms with E-state index in [1.165, 1.54) is 0 Å². The molecule has 1 aliphatic rings. The first-order valence-electron chi connectivity index (χ1n) is 5.74. The Bertz CT molecular complexity index is 541. The molecule has 0 saturated carbocycles. The zero-order valence-corrected chi connectivity index (χ0v) is 11.1. The summed E-state index contributed by atoms with van der Waals surface area (Å²) in [5.74, 6) is -0.251. The normalized spacial score (nSPS) is 19.8. The number of carbonyl (C=O) groups is 1. The molecule has 0 bridgehead atoms. The van der Waals surface area contributed by atoms with Gasteiger partial charge < -0.3 is 5.11 Å². The van der Waals surface area contributed by atoms with Crippen LogP contribution < -0.4 is 0 Å². The number of hydrogen-bond donors (Lipinski definition) is 1. The minimum absolute atomic E-state index is 0.251. The van der Waals surface area contributed by atoms with Crippen LogP contribution in [-0.4, -0.2) is 17.0 Å². The quantitative estimate of drug-likeness (QED) is 0.668. The summed E-state index contributed by atoms with van der Waals surface area (Å²) in [4.78, 5) is 12.1. The maximum atomic E-state index is 12.1. The van der Waals surface area contributed by atoms with Crippen molar-refractivity contribution in [2.45, 2.75) is 12.5 Å². The van der Waals surface area contributed by atoms with Gasteiger partial charge in [-0.2, -0.15) is 0 Å². The van der Waals surface area contributed by atoms with Gasteiger partial charge in [-0.25, -0.2) is 0 Å². The van der Waals surface area contributed by atoms with E-state index in [1.54, 1.807) is 6.08 Å². The molecule has 1 aromatic carbocycles. The number of allylic oxidation sites excluding steroid dienone is 3. The molecule has 1 aromatic rings. The third kappa shape index (κ3) is 2.35. The summed E-state index contributed by atoms with van der Waals surface area (Å²) in [5.41, 5.74) is 2.33. The predicted octanol–water partition coefficient (Wildman–Crippen LogP) is 2.72. The SMILES string of the molecule is C=CCC1=C(P)C(O)C(=O)C(c2ccccc2)=C1. The third-order valence-electron chi connectivity index (χ3n) is 2.95. The summed E-state index contributed by atoms with van der Waals surface area (Å²) in [7, 11) is 2.45. The molecule has 18 heavy (non-hydrogen) atoms. The molecule has 0 aliphatic heterocycles. The molecule has 2 rings (SSSR count). The van der Waals surface area contributed by atoms with Gasteiger partial charge in [0.2, 0.25) is 0 Å². The standard InChI is InChI=1S/C15H15O2P/c1-2-6-11-9-12(10-7-4-3-5-8-10)13(16)14(17)15(11)18/h2-5,7-9,14,17H,1,6,18H2. The summed E-state index contributed by atoms with van der Waals surface area (Å²) in [6, 6.07) is 9.40. The zero-order valence-electron chi connectivity index (χ0n) is 9.97. The lowest BCUT2D eigenvalue weighted by Gasteiger charge is -2.21. The fourth-order valence-corrected chi connectivity index (χ4v) is 2.32. The van der Waals surface area contributed by atoms with Crippen molar-refractivity contribution in [1.82, 2.24) is 0 Å². The number of carbonyl (C=O) groups excluding carboxylic acids is 1. The van der Waals surface area contributed by atoms with Crippen LogP contribution in [0.1, 0.15) is 12.0 Å². The van der Waals surface area contributed by atoms with E-state index < -0.39 is 6.10 Å². The smallest absolute Gasteiger partial charge is 0.196 e. The Morgan fingerprint density at radius 2 is 2.00 bits per heavy atom. The molecule has 1 N–H and O–H groups in total. The van der Waals surface area contributed by atoms with E-state index in [2.05, 4.69) is 15.8 Å². The molecular weight excluding hydrogens is 243 g/mol. The fourth-order valence-electron chi connectivity index (χ4n) is 1.97. The molecule has 92 valence electrons. The Labute approximate surface area is 109 Å². The van der Waals surface area contributed by atoms with Crippen LogP contribution in [0.3, 0.4) is 0 Å². The molecule has 0 saturated heterocycles. The first kappa shape index (κ1) is 12.9. The van der Waals surface area contributed by atoms with Crippen LogP contribution >= 0.6 is 9.24 Å². The van der Waals surface area contributed by atoms with Gasteiger partial charge in [0.1, 0.15) is 6.10 Å². The van der Waals surface area contributed by atoms with Crippen LogP contribution in [0, 0.1) is 0 Å². The van der Waals surface area contributed by atoms with Crippen molar-refractivity contribution in [2.24, 2.45) is 0 Å². The first-order chi connectivity index (χ1) is 8.65. The Kier molecular flexibility index (Phi) is 3.90. The summed E-state index contributed by atoms with van der Waals surface area (Å²) in [6.07, 6.45) is 3.18. The number of aliphatic hydroxyl groups excluding tert-OH is 1. The van der Waals surface area contributed by atoms with Gasteiger partial charge in [0.15, 0.2) is 5.78 Å². The molecule has 0 aromatic heterocycles. The van der Waals surface area contributed by atoms with Gasteiger partial charge in [-0.05, 0) is 28.9 Å². The largest absolute Gasteiger partial charge is 0.380 e. The number of ketones is 1. The van der Waals surface area contributed by atoms with Crippen LogP contribution in [-0.2, 0) is 4.79 Å². The van der Waals surface area contributed by atoms with Gasteiger partial charge in [-0.3, -0.25) is 4.79 Å². The average Bonchev–Trinajstić information content (AvgIpc) is 2.40. The number of benzene rings is 1. The molecule has 2 nitrogen and oxygen atoms in total. The highest BCUT2D eigenvalue weighted by molar-refractivity contribution is 7.23. The Morgan fingerprint density at radius 1 is 1.33 bits per heavy atom. The van der Waals surface area contributed by atoms with Crippen LogP contribution in [0.5, 0.6) is 0 Å². The van der Waals surface area contributed by atoms with Crippen molar-refractivity contribution in [3.05, 3.63) is 65.5 Å². The fraction of sp³-hybridized carbons (Fsp3) is 0.133. The Hall–Kier alpha value is -1.50. The lowest BCUT2D eigenvalue weighted by atomic mass is 9.89. The van der Waals surface area contributed by atoms with Crippen molar-refractivity contribution in [1.29, 1.82) is 0 Å². The van der Waals surface area contributed by atoms with E-state index in [9.17, 15) is 9.90 Å². The molecular formula is C15H15O2P. The number of aliphatic hydroxyl groups is 1. The molecule has 2 unspecified atom stereocenters. The lowest BCUT2D eigenvalue weighted by Crippen LogP contribution is -2.25. The number of hydrogen-bond acceptors (Lipinski definition) is 2. The van der Waals surface area contributed by atoms with Crippen molar-refractivity contribution in [3.63, 3.8) is 0 Å². The Balaban J connectivity index is 2.50.